The lowest BCUT2D eigenvalue weighted by Crippen LogP contribution is -2.42. The third kappa shape index (κ3) is 4.54. The van der Waals surface area contributed by atoms with Gasteiger partial charge in [0.2, 0.25) is 10.0 Å². The zero-order chi connectivity index (χ0) is 20.1. The third-order valence-corrected chi connectivity index (χ3v) is 6.57. The molecule has 2 heterocycles. The number of carbonyl (C=O) groups is 1. The number of aromatic nitrogens is 1. The fourth-order valence-corrected chi connectivity index (χ4v) is 4.47. The monoisotopic (exact) mass is 407 g/mol. The summed E-state index contributed by atoms with van der Waals surface area (Å²) in [6, 6.07) is 8.75. The minimum absolute atomic E-state index is 0.0509. The average Bonchev–Trinajstić information content (AvgIpc) is 2.64. The fraction of sp³-hybridized carbons (Fsp3) is 0.368. The van der Waals surface area contributed by atoms with Crippen LogP contribution >= 0.6 is 0 Å². The molecule has 1 amide bonds. The largest absolute Gasteiger partial charge is 0.396 e. The number of nitrogens with one attached hydrogen (secondary N) is 1. The van der Waals surface area contributed by atoms with Crippen LogP contribution in [0.1, 0.15) is 22.5 Å². The maximum atomic E-state index is 14.1. The maximum Gasteiger partial charge on any atom is 0.251 e. The lowest BCUT2D eigenvalue weighted by molar-refractivity contribution is 0.0939. The van der Waals surface area contributed by atoms with E-state index in [1.165, 1.54) is 10.4 Å². The number of hydrogen-bond acceptors (Lipinski definition) is 5. The van der Waals surface area contributed by atoms with Crippen molar-refractivity contribution in [3.8, 4) is 0 Å². The topological polar surface area (TPSA) is 99.6 Å². The van der Waals surface area contributed by atoms with Crippen molar-refractivity contribution in [1.29, 1.82) is 0 Å². The minimum Gasteiger partial charge on any atom is -0.396 e. The second kappa shape index (κ2) is 8.76. The van der Waals surface area contributed by atoms with E-state index in [1.807, 2.05) is 12.1 Å². The summed E-state index contributed by atoms with van der Waals surface area (Å²) in [5.41, 5.74) is 0.843. The number of pyridine rings is 1. The predicted octanol–water partition coefficient (Wildman–Crippen LogP) is 1.20. The molecule has 2 aromatic rings. The number of nitrogens with zero attached hydrogens (tertiary/aromatic N) is 2. The molecular weight excluding hydrogens is 385 g/mol. The quantitative estimate of drug-likeness (QED) is 0.685. The van der Waals surface area contributed by atoms with Crippen LogP contribution in [0.4, 0.5) is 4.39 Å². The molecule has 0 aliphatic carbocycles. The molecule has 28 heavy (non-hydrogen) atoms. The Morgan fingerprint density at radius 2 is 2.07 bits per heavy atom. The fourth-order valence-electron chi connectivity index (χ4n) is 2.86. The molecule has 1 aromatic heterocycles. The van der Waals surface area contributed by atoms with Crippen molar-refractivity contribution < 1.29 is 22.7 Å². The Morgan fingerprint density at radius 3 is 2.68 bits per heavy atom. The van der Waals surface area contributed by atoms with Gasteiger partial charge in [0.05, 0.1) is 0 Å². The number of carbonyl (C=O) groups excluding carboxylic acids is 1. The van der Waals surface area contributed by atoms with Crippen LogP contribution < -0.4 is 5.32 Å². The molecule has 1 unspecified atom stereocenters. The summed E-state index contributed by atoms with van der Waals surface area (Å²) in [6.45, 7) is 0.736. The molecule has 1 aliphatic heterocycles. The Labute approximate surface area is 163 Å². The highest BCUT2D eigenvalue weighted by atomic mass is 32.2. The summed E-state index contributed by atoms with van der Waals surface area (Å²) >= 11 is 0. The van der Waals surface area contributed by atoms with Crippen LogP contribution in [0.3, 0.4) is 0 Å². The van der Waals surface area contributed by atoms with Gasteiger partial charge in [-0.25, -0.2) is 12.8 Å². The van der Waals surface area contributed by atoms with Gasteiger partial charge in [0.1, 0.15) is 10.7 Å². The van der Waals surface area contributed by atoms with E-state index in [2.05, 4.69) is 10.3 Å². The van der Waals surface area contributed by atoms with Crippen LogP contribution in [0.2, 0.25) is 0 Å². The number of hydrogen-bond donors (Lipinski definition) is 2. The van der Waals surface area contributed by atoms with E-state index in [4.69, 9.17) is 0 Å². The molecule has 1 atom stereocenters. The Hall–Kier alpha value is -2.36. The van der Waals surface area contributed by atoms with E-state index in [0.29, 0.717) is 19.5 Å². The maximum absolute atomic E-state index is 14.1. The van der Waals surface area contributed by atoms with Gasteiger partial charge in [-0.2, -0.15) is 4.31 Å². The summed E-state index contributed by atoms with van der Waals surface area (Å²) in [7, 11) is -3.94. The summed E-state index contributed by atoms with van der Waals surface area (Å²) in [5, 5.41) is 12.2. The van der Waals surface area contributed by atoms with Crippen LogP contribution in [0, 0.1) is 11.7 Å². The summed E-state index contributed by atoms with van der Waals surface area (Å²) in [6.07, 6.45) is 2.87. The molecule has 0 saturated carbocycles. The van der Waals surface area contributed by atoms with Crippen molar-refractivity contribution in [2.45, 2.75) is 17.7 Å². The number of aliphatic hydroxyl groups excluding tert-OH is 1. The molecule has 1 fully saturated rings. The van der Waals surface area contributed by atoms with Crippen molar-refractivity contribution >= 4 is 15.9 Å². The van der Waals surface area contributed by atoms with Gasteiger partial charge in [0.15, 0.2) is 0 Å². The summed E-state index contributed by atoms with van der Waals surface area (Å²) in [4.78, 5) is 16.1. The molecule has 3 rings (SSSR count). The highest BCUT2D eigenvalue weighted by molar-refractivity contribution is 7.89. The first-order valence-electron chi connectivity index (χ1n) is 9.00. The van der Waals surface area contributed by atoms with E-state index in [-0.39, 0.29) is 24.6 Å². The normalized spacial score (nSPS) is 15.6. The van der Waals surface area contributed by atoms with E-state index in [1.54, 1.807) is 12.3 Å². The molecule has 1 aliphatic rings. The predicted molar refractivity (Wildman–Crippen MR) is 101 cm³/mol. The third-order valence-electron chi connectivity index (χ3n) is 4.66. The van der Waals surface area contributed by atoms with E-state index >= 15 is 0 Å². The van der Waals surface area contributed by atoms with E-state index < -0.39 is 26.6 Å². The lowest BCUT2D eigenvalue weighted by atomic mass is 10.0. The molecule has 150 valence electrons. The molecular formula is C19H22FN3O4S. The van der Waals surface area contributed by atoms with Crippen LogP contribution in [-0.4, -0.2) is 55.0 Å². The number of benzene rings is 1. The average molecular weight is 407 g/mol. The minimum atomic E-state index is -3.94. The molecule has 7 nitrogen and oxygen atoms in total. The van der Waals surface area contributed by atoms with Crippen LogP contribution in [0.15, 0.2) is 47.5 Å². The standard InChI is InChI=1S/C19H22FN3O4S/c20-17-6-5-15(11-18(17)28(26,27)23-8-3-9-23)19(25)22-12-14(13-24)10-16-4-1-2-7-21-16/h1-2,4-7,11,14,24H,3,8-10,12-13H2,(H,22,25). The smallest absolute Gasteiger partial charge is 0.251 e. The van der Waals surface area contributed by atoms with E-state index in [9.17, 15) is 22.7 Å². The van der Waals surface area contributed by atoms with Gasteiger partial charge in [-0.05, 0) is 43.2 Å². The van der Waals surface area contributed by atoms with Crippen molar-refractivity contribution in [3.63, 3.8) is 0 Å². The molecule has 0 bridgehead atoms. The zero-order valence-corrected chi connectivity index (χ0v) is 16.0. The SMILES string of the molecule is O=C(NCC(CO)Cc1ccccn1)c1ccc(F)c(S(=O)(=O)N2CCC2)c1. The number of sulfonamides is 1. The number of aliphatic hydroxyl groups is 1. The first-order chi connectivity index (χ1) is 13.4. The summed E-state index contributed by atoms with van der Waals surface area (Å²) in [5.74, 6) is -1.66. The number of halogens is 1. The van der Waals surface area contributed by atoms with Gasteiger partial charge in [-0.1, -0.05) is 6.07 Å². The lowest BCUT2D eigenvalue weighted by Gasteiger charge is -2.29. The van der Waals surface area contributed by atoms with Gasteiger partial charge in [-0.3, -0.25) is 9.78 Å². The number of rotatable bonds is 8. The molecule has 2 N–H and O–H groups in total. The van der Waals surface area contributed by atoms with Gasteiger partial charge >= 0.3 is 0 Å². The van der Waals surface area contributed by atoms with Crippen molar-refractivity contribution in [2.24, 2.45) is 5.92 Å². The Morgan fingerprint density at radius 1 is 1.29 bits per heavy atom. The highest BCUT2D eigenvalue weighted by Gasteiger charge is 2.32. The Balaban J connectivity index is 1.68. The van der Waals surface area contributed by atoms with Gasteiger partial charge in [0, 0.05) is 49.6 Å². The molecule has 0 spiro atoms. The van der Waals surface area contributed by atoms with Crippen molar-refractivity contribution in [2.75, 3.05) is 26.2 Å². The van der Waals surface area contributed by atoms with Gasteiger partial charge in [0.25, 0.3) is 5.91 Å². The van der Waals surface area contributed by atoms with Gasteiger partial charge < -0.3 is 10.4 Å². The van der Waals surface area contributed by atoms with Gasteiger partial charge in [-0.15, -0.1) is 0 Å². The zero-order valence-electron chi connectivity index (χ0n) is 15.2. The molecule has 0 radical (unpaired) electrons. The second-order valence-electron chi connectivity index (χ2n) is 6.69. The van der Waals surface area contributed by atoms with Crippen molar-refractivity contribution in [3.05, 3.63) is 59.7 Å². The summed E-state index contributed by atoms with van der Waals surface area (Å²) < 4.78 is 40.1. The molecule has 1 saturated heterocycles. The Bertz CT molecular complexity index is 933. The second-order valence-corrected chi connectivity index (χ2v) is 8.59. The van der Waals surface area contributed by atoms with Crippen LogP contribution in [0.25, 0.3) is 0 Å². The first-order valence-corrected chi connectivity index (χ1v) is 10.4. The highest BCUT2D eigenvalue weighted by Crippen LogP contribution is 2.24. The van der Waals surface area contributed by atoms with Crippen molar-refractivity contribution in [1.82, 2.24) is 14.6 Å². The van der Waals surface area contributed by atoms with E-state index in [0.717, 1.165) is 24.2 Å². The molecule has 9 heteroatoms. The number of amides is 1. The Kier molecular flexibility index (Phi) is 6.38. The van der Waals surface area contributed by atoms with Crippen LogP contribution in [0.5, 0.6) is 0 Å². The van der Waals surface area contributed by atoms with Crippen LogP contribution in [-0.2, 0) is 16.4 Å². The molecule has 1 aromatic carbocycles. The first kappa shape index (κ1) is 20.4.